The molecule has 0 radical (unpaired) electrons. The van der Waals surface area contributed by atoms with Crippen molar-refractivity contribution in [2.45, 2.75) is 51.1 Å². The van der Waals surface area contributed by atoms with Crippen LogP contribution in [0.4, 0.5) is 5.69 Å². The fourth-order valence-corrected chi connectivity index (χ4v) is 4.54. The Labute approximate surface area is 133 Å². The number of hydrogen-bond donors (Lipinski definition) is 1. The molecule has 2 aliphatic rings. The Hall–Kier alpha value is -0.670. The van der Waals surface area contributed by atoms with Gasteiger partial charge < -0.3 is 10.2 Å². The highest BCUT2D eigenvalue weighted by molar-refractivity contribution is 7.99. The first-order chi connectivity index (χ1) is 10.3. The van der Waals surface area contributed by atoms with Crippen LogP contribution < -0.4 is 10.2 Å². The van der Waals surface area contributed by atoms with E-state index in [0.717, 1.165) is 18.5 Å². The van der Waals surface area contributed by atoms with E-state index in [1.807, 2.05) is 0 Å². The molecule has 1 N–H and O–H groups in total. The van der Waals surface area contributed by atoms with Crippen molar-refractivity contribution in [3.8, 4) is 0 Å². The number of rotatable bonds is 4. The standard InChI is InChI=1S/C18H28N2S/c1-2-15-5-7-18(8-6-15)20-11-9-16(10-12-20)19-17-4-3-13-21-14-17/h5-8,16-17,19H,2-4,9-14H2,1H3/t17-/m1/s1. The molecule has 2 aliphatic heterocycles. The Morgan fingerprint density at radius 1 is 1.10 bits per heavy atom. The minimum atomic E-state index is 0.736. The summed E-state index contributed by atoms with van der Waals surface area (Å²) in [4.78, 5) is 2.55. The molecule has 1 aromatic carbocycles. The third-order valence-electron chi connectivity index (χ3n) is 4.84. The van der Waals surface area contributed by atoms with Gasteiger partial charge in [0.2, 0.25) is 0 Å². The van der Waals surface area contributed by atoms with Crippen LogP contribution in [-0.2, 0) is 6.42 Å². The average Bonchev–Trinajstić information content (AvgIpc) is 2.57. The molecule has 2 nitrogen and oxygen atoms in total. The van der Waals surface area contributed by atoms with Crippen LogP contribution in [0.15, 0.2) is 24.3 Å². The zero-order valence-corrected chi connectivity index (χ0v) is 14.0. The van der Waals surface area contributed by atoms with Crippen LogP contribution in [0.2, 0.25) is 0 Å². The van der Waals surface area contributed by atoms with E-state index in [4.69, 9.17) is 0 Å². The molecule has 116 valence electrons. The van der Waals surface area contributed by atoms with Gasteiger partial charge in [-0.3, -0.25) is 0 Å². The van der Waals surface area contributed by atoms with Gasteiger partial charge in [-0.15, -0.1) is 0 Å². The van der Waals surface area contributed by atoms with Gasteiger partial charge in [-0.2, -0.15) is 11.8 Å². The molecule has 3 rings (SSSR count). The van der Waals surface area contributed by atoms with Crippen molar-refractivity contribution in [2.75, 3.05) is 29.5 Å². The lowest BCUT2D eigenvalue weighted by atomic mass is 10.0. The van der Waals surface area contributed by atoms with Gasteiger partial charge in [0.1, 0.15) is 0 Å². The van der Waals surface area contributed by atoms with E-state index >= 15 is 0 Å². The Kier molecular flexibility index (Phi) is 5.48. The number of piperidine rings is 1. The smallest absolute Gasteiger partial charge is 0.0366 e. The van der Waals surface area contributed by atoms with Crippen LogP contribution >= 0.6 is 11.8 Å². The fraction of sp³-hybridized carbons (Fsp3) is 0.667. The molecule has 21 heavy (non-hydrogen) atoms. The molecule has 0 spiro atoms. The van der Waals surface area contributed by atoms with Crippen molar-refractivity contribution >= 4 is 17.4 Å². The second kappa shape index (κ2) is 7.55. The van der Waals surface area contributed by atoms with Crippen molar-refractivity contribution in [3.05, 3.63) is 29.8 Å². The Morgan fingerprint density at radius 2 is 1.86 bits per heavy atom. The van der Waals surface area contributed by atoms with Crippen molar-refractivity contribution in [1.82, 2.24) is 5.32 Å². The number of anilines is 1. The summed E-state index contributed by atoms with van der Waals surface area (Å²) in [5.74, 6) is 2.68. The maximum atomic E-state index is 3.90. The summed E-state index contributed by atoms with van der Waals surface area (Å²) in [6.45, 7) is 4.61. The minimum Gasteiger partial charge on any atom is -0.371 e. The Balaban J connectivity index is 1.47. The monoisotopic (exact) mass is 304 g/mol. The first-order valence-electron chi connectivity index (χ1n) is 8.53. The highest BCUT2D eigenvalue weighted by atomic mass is 32.2. The maximum absolute atomic E-state index is 3.90. The third-order valence-corrected chi connectivity index (χ3v) is 6.05. The Morgan fingerprint density at radius 3 is 2.48 bits per heavy atom. The predicted octanol–water partition coefficient (Wildman–Crippen LogP) is 3.70. The summed E-state index contributed by atoms with van der Waals surface area (Å²) >= 11 is 2.12. The zero-order chi connectivity index (χ0) is 14.5. The van der Waals surface area contributed by atoms with Crippen LogP contribution in [0, 0.1) is 0 Å². The number of nitrogens with one attached hydrogen (secondary N) is 1. The SMILES string of the molecule is CCc1ccc(N2CCC(N[C@@H]3CCCSC3)CC2)cc1. The molecule has 0 bridgehead atoms. The summed E-state index contributed by atoms with van der Waals surface area (Å²) in [5, 5.41) is 3.90. The normalized spacial score (nSPS) is 24.2. The molecule has 0 saturated carbocycles. The van der Waals surface area contributed by atoms with E-state index in [1.165, 1.54) is 61.5 Å². The van der Waals surface area contributed by atoms with Crippen LogP contribution in [0.25, 0.3) is 0 Å². The van der Waals surface area contributed by atoms with Gasteiger partial charge in [-0.05, 0) is 55.6 Å². The van der Waals surface area contributed by atoms with E-state index in [1.54, 1.807) is 0 Å². The van der Waals surface area contributed by atoms with Gasteiger partial charge in [0.15, 0.2) is 0 Å². The number of nitrogens with zero attached hydrogens (tertiary/aromatic N) is 1. The molecule has 3 heteroatoms. The fourth-order valence-electron chi connectivity index (χ4n) is 3.45. The number of hydrogen-bond acceptors (Lipinski definition) is 3. The first-order valence-corrected chi connectivity index (χ1v) is 9.68. The van der Waals surface area contributed by atoms with Gasteiger partial charge >= 0.3 is 0 Å². The average molecular weight is 305 g/mol. The van der Waals surface area contributed by atoms with E-state index in [9.17, 15) is 0 Å². The van der Waals surface area contributed by atoms with Crippen molar-refractivity contribution in [2.24, 2.45) is 0 Å². The highest BCUT2D eigenvalue weighted by Gasteiger charge is 2.22. The van der Waals surface area contributed by atoms with Gasteiger partial charge in [-0.25, -0.2) is 0 Å². The zero-order valence-electron chi connectivity index (χ0n) is 13.2. The van der Waals surface area contributed by atoms with E-state index in [0.29, 0.717) is 0 Å². The second-order valence-corrected chi connectivity index (χ2v) is 7.51. The molecule has 2 heterocycles. The minimum absolute atomic E-state index is 0.736. The number of aryl methyl sites for hydroxylation is 1. The van der Waals surface area contributed by atoms with Crippen LogP contribution in [-0.4, -0.2) is 36.7 Å². The number of benzene rings is 1. The highest BCUT2D eigenvalue weighted by Crippen LogP contribution is 2.23. The van der Waals surface area contributed by atoms with Crippen molar-refractivity contribution < 1.29 is 0 Å². The lowest BCUT2D eigenvalue weighted by Crippen LogP contribution is -2.47. The molecule has 2 fully saturated rings. The topological polar surface area (TPSA) is 15.3 Å². The van der Waals surface area contributed by atoms with E-state index < -0.39 is 0 Å². The molecule has 2 saturated heterocycles. The molecule has 0 aromatic heterocycles. The van der Waals surface area contributed by atoms with E-state index in [2.05, 4.69) is 53.2 Å². The molecule has 1 atom stereocenters. The van der Waals surface area contributed by atoms with Crippen LogP contribution in [0.5, 0.6) is 0 Å². The summed E-state index contributed by atoms with van der Waals surface area (Å²) in [5.41, 5.74) is 2.84. The summed E-state index contributed by atoms with van der Waals surface area (Å²) < 4.78 is 0. The quantitative estimate of drug-likeness (QED) is 0.913. The van der Waals surface area contributed by atoms with Gasteiger partial charge in [0.25, 0.3) is 0 Å². The molecule has 0 unspecified atom stereocenters. The number of thioether (sulfide) groups is 1. The van der Waals surface area contributed by atoms with E-state index in [-0.39, 0.29) is 0 Å². The molecular formula is C18H28N2S. The molecule has 1 aromatic rings. The lowest BCUT2D eigenvalue weighted by molar-refractivity contribution is 0.365. The molecular weight excluding hydrogens is 276 g/mol. The van der Waals surface area contributed by atoms with Gasteiger partial charge in [0.05, 0.1) is 0 Å². The second-order valence-electron chi connectivity index (χ2n) is 6.36. The summed E-state index contributed by atoms with van der Waals surface area (Å²) in [6.07, 6.45) is 6.48. The van der Waals surface area contributed by atoms with Gasteiger partial charge in [0, 0.05) is 36.6 Å². The third kappa shape index (κ3) is 4.17. The summed E-state index contributed by atoms with van der Waals surface area (Å²) in [6, 6.07) is 10.6. The van der Waals surface area contributed by atoms with Crippen molar-refractivity contribution in [1.29, 1.82) is 0 Å². The predicted molar refractivity (Wildman–Crippen MR) is 94.5 cm³/mol. The van der Waals surface area contributed by atoms with Crippen LogP contribution in [0.1, 0.15) is 38.2 Å². The first kappa shape index (κ1) is 15.2. The largest absolute Gasteiger partial charge is 0.371 e. The molecule has 0 amide bonds. The molecule has 0 aliphatic carbocycles. The maximum Gasteiger partial charge on any atom is 0.0366 e. The Bertz CT molecular complexity index is 417. The summed E-state index contributed by atoms with van der Waals surface area (Å²) in [7, 11) is 0. The van der Waals surface area contributed by atoms with Gasteiger partial charge in [-0.1, -0.05) is 19.1 Å². The van der Waals surface area contributed by atoms with Crippen molar-refractivity contribution in [3.63, 3.8) is 0 Å². The lowest BCUT2D eigenvalue weighted by Gasteiger charge is -2.36. The van der Waals surface area contributed by atoms with Crippen LogP contribution in [0.3, 0.4) is 0 Å².